The molecule has 1 heterocycles. The van der Waals surface area contributed by atoms with Gasteiger partial charge in [0.1, 0.15) is 5.84 Å². The van der Waals surface area contributed by atoms with E-state index >= 15 is 0 Å². The molecule has 1 aromatic carbocycles. The highest BCUT2D eigenvalue weighted by Gasteiger charge is 2.15. The van der Waals surface area contributed by atoms with Gasteiger partial charge in [0.25, 0.3) is 0 Å². The van der Waals surface area contributed by atoms with E-state index in [0.717, 1.165) is 24.5 Å². The van der Waals surface area contributed by atoms with Crippen molar-refractivity contribution in [2.45, 2.75) is 11.3 Å². The molecule has 0 spiro atoms. The Balaban J connectivity index is 2.16. The fourth-order valence-corrected chi connectivity index (χ4v) is 2.04. The van der Waals surface area contributed by atoms with Crippen molar-refractivity contribution in [3.05, 3.63) is 24.3 Å². The van der Waals surface area contributed by atoms with Crippen molar-refractivity contribution in [2.75, 3.05) is 17.8 Å². The molecular weight excluding hydrogens is 222 g/mol. The molecule has 0 bridgehead atoms. The molecule has 1 aliphatic rings. The zero-order valence-corrected chi connectivity index (χ0v) is 9.83. The number of nitrogens with zero attached hydrogens (tertiary/aromatic N) is 2. The minimum Gasteiger partial charge on any atom is -0.315 e. The summed E-state index contributed by atoms with van der Waals surface area (Å²) in [5, 5.41) is 8.83. The number of anilines is 1. The lowest BCUT2D eigenvalue weighted by atomic mass is 10.3. The summed E-state index contributed by atoms with van der Waals surface area (Å²) in [6.07, 6.45) is 3.49. The summed E-state index contributed by atoms with van der Waals surface area (Å²) < 4.78 is 0. The third kappa shape index (κ3) is 2.36. The average molecular weight is 235 g/mol. The molecule has 5 heteroatoms. The van der Waals surface area contributed by atoms with Crippen LogP contribution in [0.15, 0.2) is 34.3 Å². The summed E-state index contributed by atoms with van der Waals surface area (Å²) in [5.74, 6) is 0.726. The molecule has 0 fully saturated rings. The first-order valence-electron chi connectivity index (χ1n) is 5.03. The molecule has 0 atom stereocenters. The third-order valence-corrected chi connectivity index (χ3v) is 3.10. The molecule has 0 saturated heterocycles. The number of hydrogen-bond donors (Lipinski definition) is 1. The minimum absolute atomic E-state index is 0.667. The lowest BCUT2D eigenvalue weighted by Crippen LogP contribution is -2.18. The Labute approximate surface area is 98.7 Å². The lowest BCUT2D eigenvalue weighted by Gasteiger charge is -2.13. The summed E-state index contributed by atoms with van der Waals surface area (Å²) in [6, 6.07) is 8.20. The van der Waals surface area contributed by atoms with Gasteiger partial charge in [0.05, 0.1) is 5.69 Å². The first-order valence-corrected chi connectivity index (χ1v) is 6.25. The van der Waals surface area contributed by atoms with Crippen LogP contribution in [0.4, 0.5) is 5.69 Å². The Hall–Kier alpha value is -1.49. The molecule has 4 nitrogen and oxygen atoms in total. The first kappa shape index (κ1) is 11.0. The maximum absolute atomic E-state index is 10.3. The second-order valence-corrected chi connectivity index (χ2v) is 4.26. The molecule has 1 aliphatic heterocycles. The van der Waals surface area contributed by atoms with E-state index in [4.69, 9.17) is 0 Å². The molecule has 1 N–H and O–H groups in total. The molecular formula is C11H13N3OS. The van der Waals surface area contributed by atoms with Crippen molar-refractivity contribution in [1.29, 1.82) is 0 Å². The van der Waals surface area contributed by atoms with Crippen molar-refractivity contribution >= 4 is 29.7 Å². The van der Waals surface area contributed by atoms with Gasteiger partial charge in [-0.05, 0) is 24.5 Å². The molecule has 0 saturated carbocycles. The SMILES string of the molecule is CSc1cccc(N2CCC(NC=O)=N2)c1. The number of thioether (sulfide) groups is 1. The molecule has 1 aromatic rings. The molecule has 0 radical (unpaired) electrons. The number of benzene rings is 1. The van der Waals surface area contributed by atoms with Crippen LogP contribution in [0.5, 0.6) is 0 Å². The molecule has 84 valence electrons. The summed E-state index contributed by atoms with van der Waals surface area (Å²) in [6.45, 7) is 0.813. The Bertz CT molecular complexity index is 419. The summed E-state index contributed by atoms with van der Waals surface area (Å²) in [7, 11) is 0. The van der Waals surface area contributed by atoms with Gasteiger partial charge < -0.3 is 5.32 Å². The van der Waals surface area contributed by atoms with Gasteiger partial charge in [0.15, 0.2) is 0 Å². The third-order valence-electron chi connectivity index (χ3n) is 2.38. The number of hydrogen-bond acceptors (Lipinski definition) is 4. The fraction of sp³-hybridized carbons (Fsp3) is 0.273. The van der Waals surface area contributed by atoms with Crippen molar-refractivity contribution in [3.63, 3.8) is 0 Å². The normalized spacial score (nSPS) is 14.8. The van der Waals surface area contributed by atoms with Crippen molar-refractivity contribution in [3.8, 4) is 0 Å². The zero-order valence-electron chi connectivity index (χ0n) is 9.01. The van der Waals surface area contributed by atoms with E-state index < -0.39 is 0 Å². The van der Waals surface area contributed by atoms with Crippen LogP contribution in [0.1, 0.15) is 6.42 Å². The van der Waals surface area contributed by atoms with Gasteiger partial charge in [-0.3, -0.25) is 9.80 Å². The molecule has 0 aromatic heterocycles. The number of carbonyl (C=O) groups is 1. The largest absolute Gasteiger partial charge is 0.315 e. The summed E-state index contributed by atoms with van der Waals surface area (Å²) in [5.41, 5.74) is 1.06. The Morgan fingerprint density at radius 3 is 3.19 bits per heavy atom. The quantitative estimate of drug-likeness (QED) is 0.640. The molecule has 2 rings (SSSR count). The Morgan fingerprint density at radius 2 is 2.44 bits per heavy atom. The van der Waals surface area contributed by atoms with Crippen LogP contribution in [-0.2, 0) is 4.79 Å². The smallest absolute Gasteiger partial charge is 0.212 e. The predicted molar refractivity (Wildman–Crippen MR) is 66.8 cm³/mol. The van der Waals surface area contributed by atoms with Crippen molar-refractivity contribution in [1.82, 2.24) is 5.32 Å². The van der Waals surface area contributed by atoms with Crippen LogP contribution in [0, 0.1) is 0 Å². The maximum atomic E-state index is 10.3. The van der Waals surface area contributed by atoms with Crippen LogP contribution in [0.25, 0.3) is 0 Å². The van der Waals surface area contributed by atoms with E-state index in [1.807, 2.05) is 23.4 Å². The predicted octanol–water partition coefficient (Wildman–Crippen LogP) is 1.68. The van der Waals surface area contributed by atoms with Gasteiger partial charge in [-0.25, -0.2) is 0 Å². The average Bonchev–Trinajstić information content (AvgIpc) is 2.78. The Morgan fingerprint density at radius 1 is 1.56 bits per heavy atom. The molecule has 1 amide bonds. The molecule has 16 heavy (non-hydrogen) atoms. The van der Waals surface area contributed by atoms with E-state index in [1.165, 1.54) is 4.90 Å². The molecule has 0 unspecified atom stereocenters. The number of hydrazone groups is 1. The highest BCUT2D eigenvalue weighted by atomic mass is 32.2. The lowest BCUT2D eigenvalue weighted by molar-refractivity contribution is -0.108. The van der Waals surface area contributed by atoms with Gasteiger partial charge in [0, 0.05) is 17.9 Å². The van der Waals surface area contributed by atoms with E-state index in [2.05, 4.69) is 22.6 Å². The fourth-order valence-electron chi connectivity index (χ4n) is 1.58. The molecule has 0 aliphatic carbocycles. The van der Waals surface area contributed by atoms with E-state index in [0.29, 0.717) is 6.41 Å². The number of amides is 1. The second kappa shape index (κ2) is 5.03. The highest BCUT2D eigenvalue weighted by molar-refractivity contribution is 7.98. The summed E-state index contributed by atoms with van der Waals surface area (Å²) >= 11 is 1.71. The van der Waals surface area contributed by atoms with Gasteiger partial charge in [0.2, 0.25) is 6.41 Å². The van der Waals surface area contributed by atoms with Crippen LogP contribution in [0.2, 0.25) is 0 Å². The van der Waals surface area contributed by atoms with Crippen molar-refractivity contribution in [2.24, 2.45) is 5.10 Å². The first-order chi connectivity index (χ1) is 7.83. The number of carbonyl (C=O) groups excluding carboxylic acids is 1. The van der Waals surface area contributed by atoms with Crippen LogP contribution in [0.3, 0.4) is 0 Å². The maximum Gasteiger partial charge on any atom is 0.212 e. The van der Waals surface area contributed by atoms with Gasteiger partial charge in [-0.1, -0.05) is 6.07 Å². The number of nitrogens with one attached hydrogen (secondary N) is 1. The number of rotatable bonds is 3. The van der Waals surface area contributed by atoms with Gasteiger partial charge >= 0.3 is 0 Å². The highest BCUT2D eigenvalue weighted by Crippen LogP contribution is 2.24. The second-order valence-electron chi connectivity index (χ2n) is 3.38. The standard InChI is InChI=1S/C11H13N3OS/c1-16-10-4-2-3-9(7-10)14-6-5-11(13-14)12-8-15/h2-4,7-8H,5-6H2,1H3,(H,12,13,15). The monoisotopic (exact) mass is 235 g/mol. The van der Waals surface area contributed by atoms with Crippen LogP contribution >= 0.6 is 11.8 Å². The van der Waals surface area contributed by atoms with Gasteiger partial charge in [-0.15, -0.1) is 11.8 Å². The van der Waals surface area contributed by atoms with E-state index in [1.54, 1.807) is 11.8 Å². The van der Waals surface area contributed by atoms with Crippen molar-refractivity contribution < 1.29 is 4.79 Å². The van der Waals surface area contributed by atoms with E-state index in [9.17, 15) is 4.79 Å². The van der Waals surface area contributed by atoms with Crippen LogP contribution < -0.4 is 10.3 Å². The number of amidine groups is 1. The summed E-state index contributed by atoms with van der Waals surface area (Å²) in [4.78, 5) is 11.5. The van der Waals surface area contributed by atoms with E-state index in [-0.39, 0.29) is 0 Å². The minimum atomic E-state index is 0.667. The zero-order chi connectivity index (χ0) is 11.4. The van der Waals surface area contributed by atoms with Crippen LogP contribution in [-0.4, -0.2) is 25.0 Å². The van der Waals surface area contributed by atoms with Gasteiger partial charge in [-0.2, -0.15) is 5.10 Å². The Kier molecular flexibility index (Phi) is 3.46. The topological polar surface area (TPSA) is 44.7 Å².